The minimum atomic E-state index is 0.611. The number of nitrogens with zero attached hydrogens (tertiary/aromatic N) is 3. The summed E-state index contributed by atoms with van der Waals surface area (Å²) in [5, 5.41) is 9.71. The summed E-state index contributed by atoms with van der Waals surface area (Å²) in [7, 11) is 0. The Kier molecular flexibility index (Phi) is 4.22. The lowest BCUT2D eigenvalue weighted by Crippen LogP contribution is -1.87. The van der Waals surface area contributed by atoms with Gasteiger partial charge in [0.15, 0.2) is 0 Å². The van der Waals surface area contributed by atoms with Gasteiger partial charge in [-0.2, -0.15) is 5.26 Å². The SMILES string of the molecule is Cc1oc(-c2ccccc2)nc1CSc1cc(C#N)ccn1. The van der Waals surface area contributed by atoms with E-state index in [0.29, 0.717) is 17.2 Å². The second-order valence-electron chi connectivity index (χ2n) is 4.67. The molecule has 0 bridgehead atoms. The molecule has 2 aromatic heterocycles. The van der Waals surface area contributed by atoms with Crippen molar-refractivity contribution in [2.24, 2.45) is 0 Å². The van der Waals surface area contributed by atoms with Crippen molar-refractivity contribution in [3.05, 3.63) is 65.7 Å². The number of hydrogen-bond donors (Lipinski definition) is 0. The van der Waals surface area contributed by atoms with Crippen molar-refractivity contribution in [1.29, 1.82) is 5.26 Å². The van der Waals surface area contributed by atoms with Crippen LogP contribution in [0.15, 0.2) is 58.1 Å². The molecular formula is C17H13N3OS. The quantitative estimate of drug-likeness (QED) is 0.676. The first kappa shape index (κ1) is 14.4. The molecule has 0 atom stereocenters. The standard InChI is InChI=1S/C17H13N3OS/c1-12-15(11-22-16-9-13(10-18)7-8-19-16)20-17(21-12)14-5-3-2-4-6-14/h2-9H,11H2,1H3. The predicted molar refractivity (Wildman–Crippen MR) is 85.2 cm³/mol. The van der Waals surface area contributed by atoms with Gasteiger partial charge in [0.25, 0.3) is 0 Å². The molecule has 0 saturated carbocycles. The molecule has 0 aliphatic rings. The Morgan fingerprint density at radius 3 is 2.82 bits per heavy atom. The normalized spacial score (nSPS) is 10.4. The Hall–Kier alpha value is -2.58. The number of hydrogen-bond acceptors (Lipinski definition) is 5. The molecule has 0 fully saturated rings. The van der Waals surface area contributed by atoms with Gasteiger partial charge in [0.05, 0.1) is 22.4 Å². The topological polar surface area (TPSA) is 62.7 Å². The Bertz CT molecular complexity index is 821. The first-order valence-electron chi connectivity index (χ1n) is 6.77. The third-order valence-electron chi connectivity index (χ3n) is 3.13. The molecule has 4 nitrogen and oxygen atoms in total. The van der Waals surface area contributed by atoms with Gasteiger partial charge < -0.3 is 4.42 Å². The fraction of sp³-hybridized carbons (Fsp3) is 0.118. The number of thioether (sulfide) groups is 1. The van der Waals surface area contributed by atoms with Gasteiger partial charge in [0.2, 0.25) is 5.89 Å². The number of nitriles is 1. The van der Waals surface area contributed by atoms with Crippen molar-refractivity contribution in [2.45, 2.75) is 17.7 Å². The van der Waals surface area contributed by atoms with Crippen LogP contribution < -0.4 is 0 Å². The zero-order valence-corrected chi connectivity index (χ0v) is 12.8. The largest absolute Gasteiger partial charge is 0.441 e. The van der Waals surface area contributed by atoms with Crippen LogP contribution in [-0.2, 0) is 5.75 Å². The number of pyridine rings is 1. The molecule has 0 aliphatic carbocycles. The lowest BCUT2D eigenvalue weighted by atomic mass is 10.2. The van der Waals surface area contributed by atoms with Gasteiger partial charge in [-0.25, -0.2) is 9.97 Å². The van der Waals surface area contributed by atoms with Crippen molar-refractivity contribution in [1.82, 2.24) is 9.97 Å². The highest BCUT2D eigenvalue weighted by Crippen LogP contribution is 2.26. The van der Waals surface area contributed by atoms with Crippen molar-refractivity contribution in [3.63, 3.8) is 0 Å². The lowest BCUT2D eigenvalue weighted by molar-refractivity contribution is 0.540. The van der Waals surface area contributed by atoms with Crippen LogP contribution in [0.1, 0.15) is 17.0 Å². The van der Waals surface area contributed by atoms with Crippen LogP contribution >= 0.6 is 11.8 Å². The van der Waals surface area contributed by atoms with Crippen LogP contribution in [-0.4, -0.2) is 9.97 Å². The van der Waals surface area contributed by atoms with Gasteiger partial charge in [-0.15, -0.1) is 0 Å². The summed E-state index contributed by atoms with van der Waals surface area (Å²) in [6.07, 6.45) is 1.64. The fourth-order valence-corrected chi connectivity index (χ4v) is 2.86. The average molecular weight is 307 g/mol. The molecule has 0 N–H and O–H groups in total. The summed E-state index contributed by atoms with van der Waals surface area (Å²) in [4.78, 5) is 8.81. The van der Waals surface area contributed by atoms with E-state index in [-0.39, 0.29) is 0 Å². The molecule has 3 rings (SSSR count). The Morgan fingerprint density at radius 1 is 1.23 bits per heavy atom. The van der Waals surface area contributed by atoms with E-state index in [2.05, 4.69) is 16.0 Å². The third kappa shape index (κ3) is 3.18. The number of aromatic nitrogens is 2. The van der Waals surface area contributed by atoms with Crippen LogP contribution in [0.25, 0.3) is 11.5 Å². The van der Waals surface area contributed by atoms with E-state index < -0.39 is 0 Å². The molecule has 0 saturated heterocycles. The molecule has 22 heavy (non-hydrogen) atoms. The molecule has 0 aliphatic heterocycles. The molecule has 0 radical (unpaired) electrons. The number of benzene rings is 1. The Labute approximate surface area is 132 Å². The average Bonchev–Trinajstić information content (AvgIpc) is 2.95. The highest BCUT2D eigenvalue weighted by atomic mass is 32.2. The highest BCUT2D eigenvalue weighted by molar-refractivity contribution is 7.98. The number of rotatable bonds is 4. The van der Waals surface area contributed by atoms with Crippen LogP contribution in [0.5, 0.6) is 0 Å². The first-order valence-corrected chi connectivity index (χ1v) is 7.75. The Balaban J connectivity index is 1.76. The van der Waals surface area contributed by atoms with Crippen LogP contribution in [0, 0.1) is 18.3 Å². The van der Waals surface area contributed by atoms with E-state index in [0.717, 1.165) is 22.0 Å². The van der Waals surface area contributed by atoms with Crippen molar-refractivity contribution in [2.75, 3.05) is 0 Å². The Morgan fingerprint density at radius 2 is 2.05 bits per heavy atom. The summed E-state index contributed by atoms with van der Waals surface area (Å²) < 4.78 is 5.74. The third-order valence-corrected chi connectivity index (χ3v) is 4.07. The predicted octanol–water partition coefficient (Wildman–Crippen LogP) is 4.21. The van der Waals surface area contributed by atoms with Gasteiger partial charge >= 0.3 is 0 Å². The lowest BCUT2D eigenvalue weighted by Gasteiger charge is -1.99. The summed E-state index contributed by atoms with van der Waals surface area (Å²) in [6.45, 7) is 1.91. The monoisotopic (exact) mass is 307 g/mol. The minimum absolute atomic E-state index is 0.611. The summed E-state index contributed by atoms with van der Waals surface area (Å²) in [5.74, 6) is 2.10. The molecule has 0 unspecified atom stereocenters. The maximum Gasteiger partial charge on any atom is 0.226 e. The molecule has 3 aromatic rings. The van der Waals surface area contributed by atoms with Gasteiger partial charge in [-0.1, -0.05) is 30.0 Å². The second-order valence-corrected chi connectivity index (χ2v) is 5.67. The van der Waals surface area contributed by atoms with E-state index in [1.165, 1.54) is 0 Å². The molecule has 108 valence electrons. The van der Waals surface area contributed by atoms with Crippen molar-refractivity contribution < 1.29 is 4.42 Å². The van der Waals surface area contributed by atoms with Crippen LogP contribution in [0.4, 0.5) is 0 Å². The van der Waals surface area contributed by atoms with Crippen LogP contribution in [0.2, 0.25) is 0 Å². The molecule has 0 amide bonds. The highest BCUT2D eigenvalue weighted by Gasteiger charge is 2.11. The zero-order valence-electron chi connectivity index (χ0n) is 12.0. The van der Waals surface area contributed by atoms with Gasteiger partial charge in [-0.3, -0.25) is 0 Å². The summed E-state index contributed by atoms with van der Waals surface area (Å²) >= 11 is 1.54. The van der Waals surface area contributed by atoms with Gasteiger partial charge in [0.1, 0.15) is 5.76 Å². The number of aryl methyl sites for hydroxylation is 1. The number of oxazole rings is 1. The van der Waals surface area contributed by atoms with Crippen molar-refractivity contribution >= 4 is 11.8 Å². The molecule has 1 aromatic carbocycles. The van der Waals surface area contributed by atoms with Crippen LogP contribution in [0.3, 0.4) is 0 Å². The van der Waals surface area contributed by atoms with E-state index >= 15 is 0 Å². The van der Waals surface area contributed by atoms with Gasteiger partial charge in [0, 0.05) is 17.5 Å². The van der Waals surface area contributed by atoms with E-state index in [4.69, 9.17) is 9.68 Å². The summed E-state index contributed by atoms with van der Waals surface area (Å²) in [5.41, 5.74) is 2.47. The second kappa shape index (κ2) is 6.46. The van der Waals surface area contributed by atoms with E-state index in [1.807, 2.05) is 37.3 Å². The molecule has 5 heteroatoms. The maximum atomic E-state index is 8.91. The molecule has 2 heterocycles. The first-order chi connectivity index (χ1) is 10.8. The molecular weight excluding hydrogens is 294 g/mol. The van der Waals surface area contributed by atoms with Gasteiger partial charge in [-0.05, 0) is 31.2 Å². The smallest absolute Gasteiger partial charge is 0.226 e. The zero-order chi connectivity index (χ0) is 15.4. The van der Waals surface area contributed by atoms with Crippen molar-refractivity contribution in [3.8, 4) is 17.5 Å². The van der Waals surface area contributed by atoms with E-state index in [1.54, 1.807) is 30.1 Å². The minimum Gasteiger partial charge on any atom is -0.441 e. The molecule has 0 spiro atoms. The fourth-order valence-electron chi connectivity index (χ4n) is 1.97. The maximum absolute atomic E-state index is 8.91. The summed E-state index contributed by atoms with van der Waals surface area (Å²) in [6, 6.07) is 15.4. The van der Waals surface area contributed by atoms with E-state index in [9.17, 15) is 0 Å².